The molecule has 170 valence electrons. The first kappa shape index (κ1) is 22.5. The summed E-state index contributed by atoms with van der Waals surface area (Å²) in [6, 6.07) is 9.01. The first-order valence-corrected chi connectivity index (χ1v) is 11.0. The van der Waals surface area contributed by atoms with Crippen molar-refractivity contribution >= 4 is 34.2 Å². The van der Waals surface area contributed by atoms with E-state index in [0.717, 1.165) is 30.6 Å². The van der Waals surface area contributed by atoms with Crippen molar-refractivity contribution in [1.82, 2.24) is 14.9 Å². The van der Waals surface area contributed by atoms with Crippen molar-refractivity contribution in [3.8, 4) is 0 Å². The number of aryl methyl sites for hydroxylation is 1. The number of halogens is 4. The third-order valence-corrected chi connectivity index (χ3v) is 6.09. The fourth-order valence-corrected chi connectivity index (χ4v) is 4.41. The molecule has 0 aliphatic carbocycles. The minimum Gasteiger partial charge on any atom is -0.361 e. The molecular weight excluding hydrogens is 441 g/mol. The van der Waals surface area contributed by atoms with E-state index in [1.54, 1.807) is 0 Å². The molecular formula is C23H24ClF3N4O. The number of aromatic amines is 1. The summed E-state index contributed by atoms with van der Waals surface area (Å²) in [5, 5.41) is 1.16. The lowest BCUT2D eigenvalue weighted by atomic mass is 10.1. The Labute approximate surface area is 189 Å². The van der Waals surface area contributed by atoms with E-state index in [0.29, 0.717) is 44.8 Å². The molecule has 9 heteroatoms. The van der Waals surface area contributed by atoms with Crippen LogP contribution in [0.3, 0.4) is 0 Å². The molecule has 1 aromatic carbocycles. The summed E-state index contributed by atoms with van der Waals surface area (Å²) < 4.78 is 38.6. The second-order valence-corrected chi connectivity index (χ2v) is 8.37. The third-order valence-electron chi connectivity index (χ3n) is 5.81. The number of nitrogens with zero attached hydrogens (tertiary/aromatic N) is 3. The number of benzene rings is 1. The monoisotopic (exact) mass is 464 g/mol. The van der Waals surface area contributed by atoms with Gasteiger partial charge in [-0.2, -0.15) is 13.2 Å². The third kappa shape index (κ3) is 5.01. The van der Waals surface area contributed by atoms with E-state index in [1.165, 1.54) is 10.9 Å². The molecule has 1 aliphatic heterocycles. The summed E-state index contributed by atoms with van der Waals surface area (Å²) in [4.78, 5) is 23.6. The molecule has 32 heavy (non-hydrogen) atoms. The van der Waals surface area contributed by atoms with Gasteiger partial charge in [-0.25, -0.2) is 4.98 Å². The van der Waals surface area contributed by atoms with Gasteiger partial charge in [0, 0.05) is 55.9 Å². The number of fused-ring (bicyclic) bond motifs is 1. The quantitative estimate of drug-likeness (QED) is 0.557. The van der Waals surface area contributed by atoms with E-state index < -0.39 is 11.7 Å². The zero-order valence-electron chi connectivity index (χ0n) is 17.5. The van der Waals surface area contributed by atoms with Gasteiger partial charge in [0.15, 0.2) is 0 Å². The first-order chi connectivity index (χ1) is 15.3. The predicted molar refractivity (Wildman–Crippen MR) is 119 cm³/mol. The summed E-state index contributed by atoms with van der Waals surface area (Å²) in [6.45, 7) is 2.16. The second kappa shape index (κ2) is 9.40. The highest BCUT2D eigenvalue weighted by molar-refractivity contribution is 6.33. The van der Waals surface area contributed by atoms with Crippen molar-refractivity contribution in [3.63, 3.8) is 0 Å². The Bertz CT molecular complexity index is 1100. The normalized spacial score (nSPS) is 15.2. The molecule has 0 atom stereocenters. The Hall–Kier alpha value is -2.74. The minimum atomic E-state index is -4.48. The summed E-state index contributed by atoms with van der Waals surface area (Å²) in [5.74, 6) is 0.423. The molecule has 1 N–H and O–H groups in total. The molecule has 1 saturated heterocycles. The molecule has 0 unspecified atom stereocenters. The lowest BCUT2D eigenvalue weighted by Crippen LogP contribution is -2.35. The van der Waals surface area contributed by atoms with Gasteiger partial charge in [0.25, 0.3) is 0 Å². The van der Waals surface area contributed by atoms with Gasteiger partial charge in [0.2, 0.25) is 5.91 Å². The van der Waals surface area contributed by atoms with Crippen molar-refractivity contribution in [1.29, 1.82) is 0 Å². The first-order valence-electron chi connectivity index (χ1n) is 10.6. The predicted octanol–water partition coefficient (Wildman–Crippen LogP) is 5.30. The van der Waals surface area contributed by atoms with Crippen molar-refractivity contribution in [3.05, 3.63) is 58.9 Å². The van der Waals surface area contributed by atoms with Gasteiger partial charge in [-0.05, 0) is 37.0 Å². The Balaban J connectivity index is 1.31. The van der Waals surface area contributed by atoms with Crippen LogP contribution in [0.1, 0.15) is 30.4 Å². The van der Waals surface area contributed by atoms with E-state index in [4.69, 9.17) is 11.6 Å². The molecule has 2 aromatic heterocycles. The summed E-state index contributed by atoms with van der Waals surface area (Å²) in [7, 11) is 0. The van der Waals surface area contributed by atoms with Gasteiger partial charge in [0.1, 0.15) is 5.82 Å². The van der Waals surface area contributed by atoms with Crippen LogP contribution in [-0.4, -0.2) is 47.0 Å². The van der Waals surface area contributed by atoms with Crippen molar-refractivity contribution in [2.45, 2.75) is 31.9 Å². The number of hydrogen-bond donors (Lipinski definition) is 1. The van der Waals surface area contributed by atoms with Crippen molar-refractivity contribution < 1.29 is 18.0 Å². The topological polar surface area (TPSA) is 52.2 Å². The largest absolute Gasteiger partial charge is 0.417 e. The van der Waals surface area contributed by atoms with Crippen LogP contribution in [0, 0.1) is 0 Å². The molecule has 0 spiro atoms. The molecule has 1 aliphatic rings. The minimum absolute atomic E-state index is 0.0293. The molecule has 5 nitrogen and oxygen atoms in total. The number of rotatable bonds is 5. The molecule has 1 fully saturated rings. The number of hydrogen-bond acceptors (Lipinski definition) is 3. The van der Waals surface area contributed by atoms with Crippen molar-refractivity contribution in [2.75, 3.05) is 31.1 Å². The Morgan fingerprint density at radius 3 is 2.75 bits per heavy atom. The highest BCUT2D eigenvalue weighted by atomic mass is 35.5. The van der Waals surface area contributed by atoms with Gasteiger partial charge in [-0.15, -0.1) is 0 Å². The van der Waals surface area contributed by atoms with Crippen molar-refractivity contribution in [2.24, 2.45) is 0 Å². The summed E-state index contributed by atoms with van der Waals surface area (Å²) in [5.41, 5.74) is 1.43. The Kier molecular flexibility index (Phi) is 6.60. The molecule has 3 heterocycles. The van der Waals surface area contributed by atoms with E-state index >= 15 is 0 Å². The number of amides is 1. The van der Waals surface area contributed by atoms with E-state index in [1.807, 2.05) is 34.2 Å². The molecule has 1 amide bonds. The van der Waals surface area contributed by atoms with Crippen LogP contribution in [0.25, 0.3) is 10.9 Å². The zero-order chi connectivity index (χ0) is 22.7. The maximum atomic E-state index is 12.9. The number of para-hydroxylation sites is 1. The number of pyridine rings is 1. The number of anilines is 1. The number of aromatic nitrogens is 2. The fourth-order valence-electron chi connectivity index (χ4n) is 4.12. The lowest BCUT2D eigenvalue weighted by Gasteiger charge is -2.24. The number of nitrogens with one attached hydrogen (secondary N) is 1. The average Bonchev–Trinajstić information content (AvgIpc) is 3.00. The molecule has 0 radical (unpaired) electrons. The van der Waals surface area contributed by atoms with Crippen LogP contribution in [0.4, 0.5) is 19.0 Å². The van der Waals surface area contributed by atoms with Gasteiger partial charge in [-0.3, -0.25) is 4.79 Å². The summed E-state index contributed by atoms with van der Waals surface area (Å²) >= 11 is 6.09. The molecule has 4 rings (SSSR count). The molecule has 0 bridgehead atoms. The Morgan fingerprint density at radius 1 is 1.16 bits per heavy atom. The van der Waals surface area contributed by atoms with Crippen LogP contribution >= 0.6 is 11.6 Å². The van der Waals surface area contributed by atoms with Crippen LogP contribution in [0.5, 0.6) is 0 Å². The lowest BCUT2D eigenvalue weighted by molar-refractivity contribution is -0.137. The average molecular weight is 465 g/mol. The van der Waals surface area contributed by atoms with Crippen LogP contribution in [0.2, 0.25) is 5.02 Å². The highest BCUT2D eigenvalue weighted by Crippen LogP contribution is 2.33. The smallest absolute Gasteiger partial charge is 0.361 e. The number of carbonyl (C=O) groups is 1. The van der Waals surface area contributed by atoms with Gasteiger partial charge in [-0.1, -0.05) is 29.8 Å². The Morgan fingerprint density at radius 2 is 1.97 bits per heavy atom. The van der Waals surface area contributed by atoms with Crippen LogP contribution in [-0.2, 0) is 17.4 Å². The van der Waals surface area contributed by atoms with Crippen LogP contribution in [0.15, 0.2) is 42.7 Å². The second-order valence-electron chi connectivity index (χ2n) is 7.96. The maximum Gasteiger partial charge on any atom is 0.417 e. The fraction of sp³-hybridized carbons (Fsp3) is 0.391. The number of H-pyrrole nitrogens is 1. The zero-order valence-corrected chi connectivity index (χ0v) is 18.2. The van der Waals surface area contributed by atoms with Crippen LogP contribution < -0.4 is 4.90 Å². The van der Waals surface area contributed by atoms with E-state index in [2.05, 4.69) is 16.0 Å². The van der Waals surface area contributed by atoms with E-state index in [-0.39, 0.29) is 10.9 Å². The standard InChI is InChI=1S/C23H24ClF3N4O/c24-19-13-17(23(25,26)27)15-29-22(19)31-10-4-9-30(11-12-31)21(32)8-3-5-16-14-28-20-7-2-1-6-18(16)20/h1-2,6-7,13-15,28H,3-5,8-12H2. The highest BCUT2D eigenvalue weighted by Gasteiger charge is 2.32. The number of carbonyl (C=O) groups excluding carboxylic acids is 1. The molecule has 3 aromatic rings. The number of alkyl halides is 3. The molecule has 0 saturated carbocycles. The van der Waals surface area contributed by atoms with Gasteiger partial charge < -0.3 is 14.8 Å². The van der Waals surface area contributed by atoms with Gasteiger partial charge in [0.05, 0.1) is 10.6 Å². The maximum absolute atomic E-state index is 12.9. The SMILES string of the molecule is O=C(CCCc1c[nH]c2ccccc12)N1CCCN(c2ncc(C(F)(F)F)cc2Cl)CC1. The van der Waals surface area contributed by atoms with E-state index in [9.17, 15) is 18.0 Å². The summed E-state index contributed by atoms with van der Waals surface area (Å²) in [6.07, 6.45) is 1.06. The van der Waals surface area contributed by atoms with Gasteiger partial charge >= 0.3 is 6.18 Å².